The highest BCUT2D eigenvalue weighted by Gasteiger charge is 2.18. The molecule has 0 amide bonds. The van der Waals surface area contributed by atoms with E-state index >= 15 is 0 Å². The predicted molar refractivity (Wildman–Crippen MR) is 86.7 cm³/mol. The van der Waals surface area contributed by atoms with Gasteiger partial charge in [0.2, 0.25) is 5.95 Å². The summed E-state index contributed by atoms with van der Waals surface area (Å²) in [4.78, 5) is 17.6. The molecule has 0 atom stereocenters. The van der Waals surface area contributed by atoms with Crippen molar-refractivity contribution in [1.29, 1.82) is 0 Å². The summed E-state index contributed by atoms with van der Waals surface area (Å²) in [5.41, 5.74) is 6.66. The van der Waals surface area contributed by atoms with Crippen LogP contribution in [-0.4, -0.2) is 57.1 Å². The summed E-state index contributed by atoms with van der Waals surface area (Å²) in [6, 6.07) is 2.00. The summed E-state index contributed by atoms with van der Waals surface area (Å²) < 4.78 is 2.09. The molecule has 0 aromatic carbocycles. The lowest BCUT2D eigenvalue weighted by Gasteiger charge is -2.35. The molecule has 1 fully saturated rings. The minimum Gasteiger partial charge on any atom is -0.368 e. The molecular weight excluding hydrogens is 278 g/mol. The lowest BCUT2D eigenvalue weighted by Crippen LogP contribution is -2.47. The van der Waals surface area contributed by atoms with E-state index in [1.165, 1.54) is 0 Å². The number of imidazole rings is 1. The van der Waals surface area contributed by atoms with Gasteiger partial charge in [-0.15, -0.1) is 0 Å². The van der Waals surface area contributed by atoms with Crippen LogP contribution in [0.3, 0.4) is 0 Å². The van der Waals surface area contributed by atoms with E-state index < -0.39 is 0 Å². The van der Waals surface area contributed by atoms with Gasteiger partial charge in [0.25, 0.3) is 0 Å². The summed E-state index contributed by atoms with van der Waals surface area (Å²) >= 11 is 0. The maximum absolute atomic E-state index is 5.74. The first kappa shape index (κ1) is 14.8. The molecule has 1 saturated heterocycles. The zero-order chi connectivity index (χ0) is 15.5. The highest BCUT2D eigenvalue weighted by molar-refractivity contribution is 5.43. The second-order valence-electron chi connectivity index (χ2n) is 5.76. The molecule has 0 saturated carbocycles. The van der Waals surface area contributed by atoms with Crippen molar-refractivity contribution in [3.8, 4) is 0 Å². The molecule has 0 aliphatic carbocycles. The van der Waals surface area contributed by atoms with Crippen molar-refractivity contribution < 1.29 is 0 Å². The summed E-state index contributed by atoms with van der Waals surface area (Å²) in [6.07, 6.45) is 4.84. The van der Waals surface area contributed by atoms with Gasteiger partial charge in [-0.3, -0.25) is 4.90 Å². The van der Waals surface area contributed by atoms with Gasteiger partial charge in [0.15, 0.2) is 0 Å². The number of aromatic nitrogens is 4. The van der Waals surface area contributed by atoms with Gasteiger partial charge >= 0.3 is 0 Å². The molecule has 118 valence electrons. The quantitative estimate of drug-likeness (QED) is 0.884. The van der Waals surface area contributed by atoms with Crippen LogP contribution in [-0.2, 0) is 13.5 Å². The van der Waals surface area contributed by atoms with E-state index in [4.69, 9.17) is 5.73 Å². The van der Waals surface area contributed by atoms with Crippen LogP contribution in [0.1, 0.15) is 11.5 Å². The Morgan fingerprint density at radius 1 is 1.18 bits per heavy atom. The third-order valence-electron chi connectivity index (χ3n) is 4.13. The second-order valence-corrected chi connectivity index (χ2v) is 5.76. The van der Waals surface area contributed by atoms with Crippen LogP contribution in [0.2, 0.25) is 0 Å². The Morgan fingerprint density at radius 3 is 2.59 bits per heavy atom. The Bertz CT molecular complexity index is 608. The first-order valence-electron chi connectivity index (χ1n) is 7.66. The normalized spacial score (nSPS) is 16.2. The van der Waals surface area contributed by atoms with E-state index in [2.05, 4.69) is 29.3 Å². The molecule has 2 aromatic rings. The molecule has 0 bridgehead atoms. The summed E-state index contributed by atoms with van der Waals surface area (Å²) in [7, 11) is 2.04. The average molecular weight is 301 g/mol. The molecule has 0 unspecified atom stereocenters. The highest BCUT2D eigenvalue weighted by Crippen LogP contribution is 2.15. The van der Waals surface area contributed by atoms with Crippen LogP contribution in [0, 0.1) is 6.92 Å². The monoisotopic (exact) mass is 301 g/mol. The topological polar surface area (TPSA) is 76.1 Å². The highest BCUT2D eigenvalue weighted by atomic mass is 15.3. The minimum absolute atomic E-state index is 0.354. The Morgan fingerprint density at radius 2 is 1.95 bits per heavy atom. The van der Waals surface area contributed by atoms with Crippen LogP contribution in [0.25, 0.3) is 0 Å². The zero-order valence-electron chi connectivity index (χ0n) is 13.2. The molecule has 3 rings (SSSR count). The minimum atomic E-state index is 0.354. The maximum atomic E-state index is 5.74. The van der Waals surface area contributed by atoms with Crippen molar-refractivity contribution in [2.45, 2.75) is 13.3 Å². The Labute approximate surface area is 130 Å². The van der Waals surface area contributed by atoms with E-state index in [0.717, 1.165) is 56.5 Å². The number of hydrogen-bond acceptors (Lipinski definition) is 6. The lowest BCUT2D eigenvalue weighted by atomic mass is 10.2. The number of nitrogens with two attached hydrogens (primary N) is 1. The summed E-state index contributed by atoms with van der Waals surface area (Å²) in [5.74, 6) is 2.43. The Hall–Kier alpha value is -2.15. The number of rotatable bonds is 4. The maximum Gasteiger partial charge on any atom is 0.222 e. The SMILES string of the molecule is Cc1cc(N2CCN(CCc3nccn3C)CC2)nc(N)n1. The van der Waals surface area contributed by atoms with Crippen LogP contribution < -0.4 is 10.6 Å². The molecule has 2 aromatic heterocycles. The molecule has 2 N–H and O–H groups in total. The first-order chi connectivity index (χ1) is 10.6. The molecule has 22 heavy (non-hydrogen) atoms. The van der Waals surface area contributed by atoms with Crippen molar-refractivity contribution >= 4 is 11.8 Å². The van der Waals surface area contributed by atoms with Crippen molar-refractivity contribution in [2.24, 2.45) is 7.05 Å². The zero-order valence-corrected chi connectivity index (χ0v) is 13.2. The Kier molecular flexibility index (Phi) is 4.24. The van der Waals surface area contributed by atoms with Gasteiger partial charge in [-0.05, 0) is 6.92 Å². The van der Waals surface area contributed by atoms with Gasteiger partial charge < -0.3 is 15.2 Å². The summed E-state index contributed by atoms with van der Waals surface area (Å²) in [5, 5.41) is 0. The molecular formula is C15H23N7. The van der Waals surface area contributed by atoms with Crippen molar-refractivity contribution in [2.75, 3.05) is 43.4 Å². The average Bonchev–Trinajstić information content (AvgIpc) is 2.90. The van der Waals surface area contributed by atoms with Gasteiger partial charge in [0, 0.05) is 70.3 Å². The smallest absolute Gasteiger partial charge is 0.222 e. The van der Waals surface area contributed by atoms with Gasteiger partial charge in [-0.1, -0.05) is 0 Å². The number of piperazine rings is 1. The molecule has 7 nitrogen and oxygen atoms in total. The van der Waals surface area contributed by atoms with Crippen LogP contribution in [0.15, 0.2) is 18.5 Å². The van der Waals surface area contributed by atoms with Crippen molar-refractivity contribution in [1.82, 2.24) is 24.4 Å². The number of aryl methyl sites for hydroxylation is 2. The number of nitrogens with zero attached hydrogens (tertiary/aromatic N) is 6. The fourth-order valence-electron chi connectivity index (χ4n) is 2.83. The largest absolute Gasteiger partial charge is 0.368 e. The van der Waals surface area contributed by atoms with Crippen LogP contribution >= 0.6 is 0 Å². The van der Waals surface area contributed by atoms with Crippen LogP contribution in [0.4, 0.5) is 11.8 Å². The van der Waals surface area contributed by atoms with Crippen molar-refractivity contribution in [3.63, 3.8) is 0 Å². The van der Waals surface area contributed by atoms with Gasteiger partial charge in [-0.25, -0.2) is 9.97 Å². The van der Waals surface area contributed by atoms with E-state index in [9.17, 15) is 0 Å². The first-order valence-corrected chi connectivity index (χ1v) is 7.66. The fourth-order valence-corrected chi connectivity index (χ4v) is 2.83. The molecule has 0 spiro atoms. The third-order valence-corrected chi connectivity index (χ3v) is 4.13. The van der Waals surface area contributed by atoms with Crippen molar-refractivity contribution in [3.05, 3.63) is 30.0 Å². The van der Waals surface area contributed by atoms with E-state index in [1.54, 1.807) is 0 Å². The number of hydrogen-bond donors (Lipinski definition) is 1. The second kappa shape index (κ2) is 6.31. The molecule has 3 heterocycles. The lowest BCUT2D eigenvalue weighted by molar-refractivity contribution is 0.258. The standard InChI is InChI=1S/C15H23N7/c1-12-11-14(19-15(16)18-12)22-9-7-21(8-10-22)5-3-13-17-4-6-20(13)2/h4,6,11H,3,5,7-10H2,1-2H3,(H2,16,18,19). The Balaban J connectivity index is 1.53. The van der Waals surface area contributed by atoms with Gasteiger partial charge in [-0.2, -0.15) is 4.98 Å². The van der Waals surface area contributed by atoms with E-state index in [-0.39, 0.29) is 0 Å². The molecule has 7 heteroatoms. The molecule has 1 aliphatic rings. The number of nitrogen functional groups attached to an aromatic ring is 1. The fraction of sp³-hybridized carbons (Fsp3) is 0.533. The van der Waals surface area contributed by atoms with E-state index in [1.807, 2.05) is 32.4 Å². The van der Waals surface area contributed by atoms with Gasteiger partial charge in [0.05, 0.1) is 0 Å². The molecule has 1 aliphatic heterocycles. The van der Waals surface area contributed by atoms with Crippen LogP contribution in [0.5, 0.6) is 0 Å². The molecule has 0 radical (unpaired) electrons. The predicted octanol–water partition coefficient (Wildman–Crippen LogP) is 0.465. The summed E-state index contributed by atoms with van der Waals surface area (Å²) in [6.45, 7) is 7.00. The van der Waals surface area contributed by atoms with Gasteiger partial charge in [0.1, 0.15) is 11.6 Å². The third kappa shape index (κ3) is 3.36. The van der Waals surface area contributed by atoms with E-state index in [0.29, 0.717) is 5.95 Å². The number of anilines is 2.